The molecule has 100 valence electrons. The van der Waals surface area contributed by atoms with Crippen LogP contribution in [0.3, 0.4) is 0 Å². The van der Waals surface area contributed by atoms with Crippen molar-refractivity contribution < 1.29 is 4.79 Å². The highest BCUT2D eigenvalue weighted by molar-refractivity contribution is 5.92. The number of nitrogens with zero attached hydrogens (tertiary/aromatic N) is 1. The van der Waals surface area contributed by atoms with Gasteiger partial charge in [0.2, 0.25) is 0 Å². The summed E-state index contributed by atoms with van der Waals surface area (Å²) in [5, 5.41) is 5.97. The second-order valence-corrected chi connectivity index (χ2v) is 4.55. The maximum Gasteiger partial charge on any atom is 0.269 e. The van der Waals surface area contributed by atoms with Gasteiger partial charge in [0, 0.05) is 25.0 Å². The molecule has 0 fully saturated rings. The van der Waals surface area contributed by atoms with Gasteiger partial charge in [-0.2, -0.15) is 0 Å². The zero-order chi connectivity index (χ0) is 13.4. The van der Waals surface area contributed by atoms with Crippen molar-refractivity contribution in [3.63, 3.8) is 0 Å². The minimum atomic E-state index is -0.155. The van der Waals surface area contributed by atoms with Crippen LogP contribution in [0.25, 0.3) is 0 Å². The molecule has 18 heavy (non-hydrogen) atoms. The fraction of sp³-hybridized carbons (Fsp3) is 0.571. The number of nitrogens with one attached hydrogen (secondary N) is 2. The molecule has 0 aliphatic rings. The Balaban J connectivity index is 2.53. The van der Waals surface area contributed by atoms with E-state index in [1.165, 1.54) is 19.3 Å². The average molecular weight is 249 g/mol. The first kappa shape index (κ1) is 14.5. The minimum absolute atomic E-state index is 0.155. The molecule has 0 spiro atoms. The summed E-state index contributed by atoms with van der Waals surface area (Å²) in [7, 11) is 1.61. The van der Waals surface area contributed by atoms with Crippen LogP contribution in [0.4, 0.5) is 5.69 Å². The van der Waals surface area contributed by atoms with Crippen LogP contribution < -0.4 is 10.6 Å². The monoisotopic (exact) mass is 249 g/mol. The minimum Gasteiger partial charge on any atom is -0.382 e. The van der Waals surface area contributed by atoms with E-state index in [2.05, 4.69) is 29.5 Å². The van der Waals surface area contributed by atoms with E-state index in [1.807, 2.05) is 6.07 Å². The van der Waals surface area contributed by atoms with Crippen molar-refractivity contribution in [3.8, 4) is 0 Å². The number of amides is 1. The summed E-state index contributed by atoms with van der Waals surface area (Å²) >= 11 is 0. The van der Waals surface area contributed by atoms with E-state index >= 15 is 0 Å². The first-order valence-corrected chi connectivity index (χ1v) is 6.62. The Morgan fingerprint density at radius 3 is 2.89 bits per heavy atom. The highest BCUT2D eigenvalue weighted by atomic mass is 16.1. The van der Waals surface area contributed by atoms with Crippen molar-refractivity contribution in [1.82, 2.24) is 10.3 Å². The highest BCUT2D eigenvalue weighted by Crippen LogP contribution is 2.12. The van der Waals surface area contributed by atoms with Crippen molar-refractivity contribution in [2.75, 3.05) is 12.4 Å². The standard InChI is InChI=1S/C14H23N3O/c1-4-5-6-7-11(2)17-12-8-9-16-13(10-12)14(18)15-3/h8-11H,4-7H2,1-3H3,(H,15,18)(H,16,17). The summed E-state index contributed by atoms with van der Waals surface area (Å²) in [6.45, 7) is 4.37. The Morgan fingerprint density at radius 2 is 2.22 bits per heavy atom. The number of anilines is 1. The lowest BCUT2D eigenvalue weighted by molar-refractivity contribution is 0.0958. The molecule has 0 radical (unpaired) electrons. The molecule has 0 aliphatic heterocycles. The normalized spacial score (nSPS) is 11.9. The Kier molecular flexibility index (Phi) is 6.19. The van der Waals surface area contributed by atoms with Gasteiger partial charge in [0.05, 0.1) is 0 Å². The molecule has 0 aliphatic carbocycles. The molecule has 0 saturated carbocycles. The van der Waals surface area contributed by atoms with Crippen LogP contribution in [0.15, 0.2) is 18.3 Å². The topological polar surface area (TPSA) is 54.0 Å². The van der Waals surface area contributed by atoms with Gasteiger partial charge in [0.25, 0.3) is 5.91 Å². The highest BCUT2D eigenvalue weighted by Gasteiger charge is 2.07. The van der Waals surface area contributed by atoms with Gasteiger partial charge in [0.15, 0.2) is 0 Å². The van der Waals surface area contributed by atoms with Gasteiger partial charge in [-0.25, -0.2) is 0 Å². The van der Waals surface area contributed by atoms with Gasteiger partial charge < -0.3 is 10.6 Å². The largest absolute Gasteiger partial charge is 0.382 e. The zero-order valence-corrected chi connectivity index (χ0v) is 11.5. The molecule has 2 N–H and O–H groups in total. The number of rotatable bonds is 7. The van der Waals surface area contributed by atoms with Crippen LogP contribution in [0.2, 0.25) is 0 Å². The molecular weight excluding hydrogens is 226 g/mol. The van der Waals surface area contributed by atoms with E-state index in [0.29, 0.717) is 11.7 Å². The van der Waals surface area contributed by atoms with Crippen LogP contribution in [0.1, 0.15) is 50.0 Å². The number of aromatic nitrogens is 1. The van der Waals surface area contributed by atoms with Gasteiger partial charge in [-0.3, -0.25) is 9.78 Å². The van der Waals surface area contributed by atoms with Gasteiger partial charge in [0.1, 0.15) is 5.69 Å². The summed E-state index contributed by atoms with van der Waals surface area (Å²) < 4.78 is 0. The van der Waals surface area contributed by atoms with E-state index in [-0.39, 0.29) is 5.91 Å². The number of carbonyl (C=O) groups is 1. The maximum atomic E-state index is 11.5. The molecule has 1 rings (SSSR count). The average Bonchev–Trinajstić information content (AvgIpc) is 2.38. The molecule has 1 atom stereocenters. The van der Waals surface area contributed by atoms with Crippen molar-refractivity contribution >= 4 is 11.6 Å². The lowest BCUT2D eigenvalue weighted by Gasteiger charge is -2.15. The van der Waals surface area contributed by atoms with E-state index in [9.17, 15) is 4.79 Å². The lowest BCUT2D eigenvalue weighted by atomic mass is 10.1. The number of carbonyl (C=O) groups excluding carboxylic acids is 1. The Bertz CT molecular complexity index is 379. The van der Waals surface area contributed by atoms with Crippen LogP contribution >= 0.6 is 0 Å². The summed E-state index contributed by atoms with van der Waals surface area (Å²) in [6, 6.07) is 4.09. The smallest absolute Gasteiger partial charge is 0.269 e. The number of pyridine rings is 1. The van der Waals surface area contributed by atoms with E-state index < -0.39 is 0 Å². The van der Waals surface area contributed by atoms with Crippen LogP contribution in [-0.2, 0) is 0 Å². The first-order chi connectivity index (χ1) is 8.67. The Morgan fingerprint density at radius 1 is 1.44 bits per heavy atom. The van der Waals surface area contributed by atoms with Crippen molar-refractivity contribution in [1.29, 1.82) is 0 Å². The van der Waals surface area contributed by atoms with Crippen molar-refractivity contribution in [3.05, 3.63) is 24.0 Å². The predicted octanol–water partition coefficient (Wildman–Crippen LogP) is 2.82. The molecule has 0 bridgehead atoms. The molecule has 4 nitrogen and oxygen atoms in total. The molecule has 0 saturated heterocycles. The molecule has 1 aromatic heterocycles. The fourth-order valence-corrected chi connectivity index (χ4v) is 1.83. The Hall–Kier alpha value is -1.58. The number of hydrogen-bond donors (Lipinski definition) is 2. The van der Waals surface area contributed by atoms with E-state index in [4.69, 9.17) is 0 Å². The van der Waals surface area contributed by atoms with Crippen molar-refractivity contribution in [2.24, 2.45) is 0 Å². The molecule has 0 aromatic carbocycles. The molecule has 1 aromatic rings. The summed E-state index contributed by atoms with van der Waals surface area (Å²) in [4.78, 5) is 15.5. The van der Waals surface area contributed by atoms with Crippen LogP contribution in [0.5, 0.6) is 0 Å². The lowest BCUT2D eigenvalue weighted by Crippen LogP contribution is -2.20. The van der Waals surface area contributed by atoms with Gasteiger partial charge in [-0.05, 0) is 25.5 Å². The summed E-state index contributed by atoms with van der Waals surface area (Å²) in [5.41, 5.74) is 1.40. The second-order valence-electron chi connectivity index (χ2n) is 4.55. The van der Waals surface area contributed by atoms with Crippen LogP contribution in [0, 0.1) is 0 Å². The third-order valence-electron chi connectivity index (χ3n) is 2.87. The van der Waals surface area contributed by atoms with Gasteiger partial charge in [-0.1, -0.05) is 26.2 Å². The van der Waals surface area contributed by atoms with E-state index in [1.54, 1.807) is 19.3 Å². The third kappa shape index (κ3) is 4.73. The van der Waals surface area contributed by atoms with Gasteiger partial charge >= 0.3 is 0 Å². The summed E-state index contributed by atoms with van der Waals surface area (Å²) in [6.07, 6.45) is 6.55. The molecule has 4 heteroatoms. The summed E-state index contributed by atoms with van der Waals surface area (Å²) in [5.74, 6) is -0.155. The quantitative estimate of drug-likeness (QED) is 0.731. The second kappa shape index (κ2) is 7.69. The van der Waals surface area contributed by atoms with E-state index in [0.717, 1.165) is 12.1 Å². The third-order valence-corrected chi connectivity index (χ3v) is 2.87. The zero-order valence-electron chi connectivity index (χ0n) is 11.5. The van der Waals surface area contributed by atoms with Crippen LogP contribution in [-0.4, -0.2) is 24.0 Å². The first-order valence-electron chi connectivity index (χ1n) is 6.62. The predicted molar refractivity (Wildman–Crippen MR) is 74.9 cm³/mol. The molecule has 1 amide bonds. The van der Waals surface area contributed by atoms with Crippen molar-refractivity contribution in [2.45, 2.75) is 45.6 Å². The SMILES string of the molecule is CCCCCC(C)Nc1ccnc(C(=O)NC)c1. The Labute approximate surface area is 109 Å². The molecule has 1 heterocycles. The number of hydrogen-bond acceptors (Lipinski definition) is 3. The fourth-order valence-electron chi connectivity index (χ4n) is 1.83. The maximum absolute atomic E-state index is 11.5. The molecule has 1 unspecified atom stereocenters. The number of unbranched alkanes of at least 4 members (excludes halogenated alkanes) is 2. The molecular formula is C14H23N3O. The van der Waals surface area contributed by atoms with Gasteiger partial charge in [-0.15, -0.1) is 0 Å².